The van der Waals surface area contributed by atoms with Crippen LogP contribution in [0, 0.1) is 17.6 Å². The first-order valence-corrected chi connectivity index (χ1v) is 9.70. The highest BCUT2D eigenvalue weighted by molar-refractivity contribution is 7.78. The summed E-state index contributed by atoms with van der Waals surface area (Å²) in [6, 6.07) is 10.0. The molecule has 4 heteroatoms. The minimum absolute atomic E-state index is 0.0217. The van der Waals surface area contributed by atoms with Gasteiger partial charge >= 0.3 is 0 Å². The lowest BCUT2D eigenvalue weighted by Crippen LogP contribution is -2.13. The lowest BCUT2D eigenvalue weighted by molar-refractivity contribution is 0.308. The van der Waals surface area contributed by atoms with Gasteiger partial charge in [-0.05, 0) is 60.9 Å². The summed E-state index contributed by atoms with van der Waals surface area (Å²) in [5, 5.41) is 2.13. The van der Waals surface area contributed by atoms with E-state index < -0.39 is 11.6 Å². The average Bonchev–Trinajstić information content (AvgIpc) is 2.63. The van der Waals surface area contributed by atoms with Crippen LogP contribution in [0.4, 0.5) is 14.5 Å². The molecule has 0 aliphatic heterocycles. The van der Waals surface area contributed by atoms with Crippen LogP contribution in [0.3, 0.4) is 0 Å². The zero-order valence-electron chi connectivity index (χ0n) is 15.0. The molecule has 2 aromatic rings. The van der Waals surface area contributed by atoms with Crippen LogP contribution in [-0.4, -0.2) is 5.16 Å². The van der Waals surface area contributed by atoms with Gasteiger partial charge in [-0.15, -0.1) is 0 Å². The molecule has 1 nitrogen and oxygen atoms in total. The first-order valence-electron chi connectivity index (χ1n) is 9.29. The number of isothiocyanates is 1. The molecule has 1 fully saturated rings. The number of nitrogens with zero attached hydrogens (tertiary/aromatic N) is 1. The molecule has 2 aromatic carbocycles. The molecular weight excluding hydrogens is 348 g/mol. The fourth-order valence-corrected chi connectivity index (χ4v) is 4.17. The Bertz CT molecular complexity index is 778. The molecule has 0 bridgehead atoms. The number of thiocarbonyl (C=S) groups is 1. The Labute approximate surface area is 159 Å². The number of rotatable bonds is 5. The minimum Gasteiger partial charge on any atom is -0.206 e. The molecule has 0 aromatic heterocycles. The Kier molecular flexibility index (Phi) is 6.29. The Morgan fingerprint density at radius 3 is 2.19 bits per heavy atom. The summed E-state index contributed by atoms with van der Waals surface area (Å²) < 4.78 is 28.7. The number of hydrogen-bond donors (Lipinski definition) is 0. The molecule has 0 radical (unpaired) electrons. The Morgan fingerprint density at radius 1 is 1.04 bits per heavy atom. The summed E-state index contributed by atoms with van der Waals surface area (Å²) in [4.78, 5) is 3.64. The van der Waals surface area contributed by atoms with E-state index >= 15 is 0 Å². The van der Waals surface area contributed by atoms with E-state index in [2.05, 4.69) is 29.3 Å². The molecule has 1 aliphatic carbocycles. The number of benzene rings is 2. The first kappa shape index (κ1) is 18.9. The van der Waals surface area contributed by atoms with Crippen molar-refractivity contribution < 1.29 is 8.78 Å². The van der Waals surface area contributed by atoms with Gasteiger partial charge in [0.25, 0.3) is 0 Å². The van der Waals surface area contributed by atoms with Crippen molar-refractivity contribution in [2.45, 2.75) is 51.4 Å². The SMILES string of the molecule is CCCC1CCC(c2ccc(-c3c(F)cc(N=C=S)cc3F)cc2)CC1. The van der Waals surface area contributed by atoms with E-state index in [0.29, 0.717) is 11.5 Å². The van der Waals surface area contributed by atoms with Gasteiger partial charge in [-0.25, -0.2) is 8.78 Å². The largest absolute Gasteiger partial charge is 0.206 e. The van der Waals surface area contributed by atoms with Crippen molar-refractivity contribution in [2.75, 3.05) is 0 Å². The maximum atomic E-state index is 14.3. The molecule has 0 unspecified atom stereocenters. The third kappa shape index (κ3) is 4.25. The van der Waals surface area contributed by atoms with Crippen molar-refractivity contribution >= 4 is 23.1 Å². The van der Waals surface area contributed by atoms with Gasteiger partial charge in [0.2, 0.25) is 0 Å². The lowest BCUT2D eigenvalue weighted by Gasteiger charge is -2.28. The minimum atomic E-state index is -0.637. The van der Waals surface area contributed by atoms with Gasteiger partial charge in [-0.3, -0.25) is 0 Å². The van der Waals surface area contributed by atoms with Crippen LogP contribution in [-0.2, 0) is 0 Å². The van der Waals surface area contributed by atoms with Gasteiger partial charge in [-0.1, -0.05) is 44.0 Å². The van der Waals surface area contributed by atoms with Crippen molar-refractivity contribution in [1.82, 2.24) is 0 Å². The van der Waals surface area contributed by atoms with E-state index in [1.807, 2.05) is 24.3 Å². The quantitative estimate of drug-likeness (QED) is 0.393. The summed E-state index contributed by atoms with van der Waals surface area (Å²) in [5.74, 6) is 0.155. The van der Waals surface area contributed by atoms with Crippen LogP contribution in [0.1, 0.15) is 56.9 Å². The maximum Gasteiger partial charge on any atom is 0.136 e. The third-order valence-electron chi connectivity index (χ3n) is 5.42. The molecule has 3 rings (SSSR count). The highest BCUT2D eigenvalue weighted by atomic mass is 32.1. The Morgan fingerprint density at radius 2 is 1.65 bits per heavy atom. The van der Waals surface area contributed by atoms with Gasteiger partial charge in [-0.2, -0.15) is 4.99 Å². The second-order valence-corrected chi connectivity index (χ2v) is 7.30. The predicted octanol–water partition coefficient (Wildman–Crippen LogP) is 7.44. The molecule has 26 heavy (non-hydrogen) atoms. The maximum absolute atomic E-state index is 14.3. The van der Waals surface area contributed by atoms with Crippen molar-refractivity contribution in [1.29, 1.82) is 0 Å². The zero-order valence-corrected chi connectivity index (χ0v) is 15.8. The Balaban J connectivity index is 1.77. The highest BCUT2D eigenvalue weighted by Gasteiger charge is 2.22. The van der Waals surface area contributed by atoms with E-state index in [1.165, 1.54) is 56.2 Å². The molecule has 136 valence electrons. The van der Waals surface area contributed by atoms with Crippen LogP contribution in [0.15, 0.2) is 41.4 Å². The van der Waals surface area contributed by atoms with Crippen LogP contribution >= 0.6 is 12.2 Å². The Hall–Kier alpha value is -1.90. The van der Waals surface area contributed by atoms with Gasteiger partial charge in [0, 0.05) is 12.1 Å². The highest BCUT2D eigenvalue weighted by Crippen LogP contribution is 2.38. The summed E-state index contributed by atoms with van der Waals surface area (Å²) in [6.45, 7) is 2.25. The normalized spacial score (nSPS) is 19.8. The fraction of sp³-hybridized carbons (Fsp3) is 0.409. The first-order chi connectivity index (χ1) is 12.6. The van der Waals surface area contributed by atoms with Gasteiger partial charge in [0.15, 0.2) is 0 Å². The molecule has 0 heterocycles. The molecule has 0 saturated heterocycles. The van der Waals surface area contributed by atoms with Crippen molar-refractivity contribution in [2.24, 2.45) is 10.9 Å². The van der Waals surface area contributed by atoms with Crippen molar-refractivity contribution in [3.05, 3.63) is 53.6 Å². The smallest absolute Gasteiger partial charge is 0.136 e. The predicted molar refractivity (Wildman–Crippen MR) is 106 cm³/mol. The molecule has 1 aliphatic rings. The summed E-state index contributed by atoms with van der Waals surface area (Å²) in [7, 11) is 0. The molecule has 0 amide bonds. The van der Waals surface area contributed by atoms with Crippen molar-refractivity contribution in [3.63, 3.8) is 0 Å². The van der Waals surface area contributed by atoms with Crippen LogP contribution in [0.5, 0.6) is 0 Å². The topological polar surface area (TPSA) is 12.4 Å². The number of halogens is 2. The molecular formula is C22H23F2NS. The van der Waals surface area contributed by atoms with Gasteiger partial charge in [0.1, 0.15) is 11.6 Å². The second kappa shape index (κ2) is 8.66. The molecule has 0 spiro atoms. The number of hydrogen-bond acceptors (Lipinski definition) is 2. The molecule has 0 N–H and O–H groups in total. The van der Waals surface area contributed by atoms with Crippen molar-refractivity contribution in [3.8, 4) is 11.1 Å². The molecule has 0 atom stereocenters. The van der Waals surface area contributed by atoms with Crippen LogP contribution in [0.25, 0.3) is 11.1 Å². The zero-order chi connectivity index (χ0) is 18.5. The van der Waals surface area contributed by atoms with Gasteiger partial charge in [0.05, 0.1) is 16.4 Å². The summed E-state index contributed by atoms with van der Waals surface area (Å²) >= 11 is 4.48. The van der Waals surface area contributed by atoms with Crippen LogP contribution in [0.2, 0.25) is 0 Å². The van der Waals surface area contributed by atoms with E-state index in [-0.39, 0.29) is 11.3 Å². The number of aliphatic imine (C=N–C) groups is 1. The van der Waals surface area contributed by atoms with Crippen LogP contribution < -0.4 is 0 Å². The fourth-order valence-electron chi connectivity index (χ4n) is 4.07. The summed E-state index contributed by atoms with van der Waals surface area (Å²) in [6.07, 6.45) is 7.56. The van der Waals surface area contributed by atoms with E-state index in [9.17, 15) is 8.78 Å². The third-order valence-corrected chi connectivity index (χ3v) is 5.51. The standard InChI is InChI=1S/C22H23F2NS/c1-2-3-15-4-6-16(7-5-15)17-8-10-18(11-9-17)22-20(23)12-19(25-14-26)13-21(22)24/h8-13,15-16H,2-7H2,1H3. The molecule has 1 saturated carbocycles. The van der Waals surface area contributed by atoms with E-state index in [1.54, 1.807) is 0 Å². The van der Waals surface area contributed by atoms with Gasteiger partial charge < -0.3 is 0 Å². The lowest BCUT2D eigenvalue weighted by atomic mass is 9.77. The second-order valence-electron chi connectivity index (χ2n) is 7.12. The van der Waals surface area contributed by atoms with E-state index in [0.717, 1.165) is 5.92 Å². The monoisotopic (exact) mass is 371 g/mol. The average molecular weight is 371 g/mol. The van der Waals surface area contributed by atoms with E-state index in [4.69, 9.17) is 0 Å². The summed E-state index contributed by atoms with van der Waals surface area (Å²) in [5.41, 5.74) is 1.93.